The molecule has 0 radical (unpaired) electrons. The molecule has 1 aromatic heterocycles. The summed E-state index contributed by atoms with van der Waals surface area (Å²) in [5.41, 5.74) is 7.81. The summed E-state index contributed by atoms with van der Waals surface area (Å²) in [7, 11) is 0. The molecule has 0 aliphatic rings. The van der Waals surface area contributed by atoms with Gasteiger partial charge < -0.3 is 5.73 Å². The molecule has 2 rings (SSSR count). The Morgan fingerprint density at radius 2 is 2.06 bits per heavy atom. The molecule has 1 heterocycles. The standard InChI is InChI=1S/C13H10FN3S/c1-8(16)11(6-15)12-7-18-13(17-12)9-2-4-10(14)5-3-9/h2-5,7H,16H2,1H3/b11-8+. The minimum atomic E-state index is -0.286. The van der Waals surface area contributed by atoms with Crippen molar-refractivity contribution in [1.82, 2.24) is 4.98 Å². The summed E-state index contributed by atoms with van der Waals surface area (Å²) in [5.74, 6) is -0.286. The third kappa shape index (κ3) is 2.39. The minimum absolute atomic E-state index is 0.286. The molecule has 90 valence electrons. The summed E-state index contributed by atoms with van der Waals surface area (Å²) < 4.78 is 12.8. The first-order chi connectivity index (χ1) is 8.61. The van der Waals surface area contributed by atoms with Gasteiger partial charge in [-0.1, -0.05) is 0 Å². The number of allylic oxidation sites excluding steroid dienone is 2. The molecule has 0 amide bonds. The summed E-state index contributed by atoms with van der Waals surface area (Å²) in [5, 5.41) is 11.5. The Kier molecular flexibility index (Phi) is 3.40. The third-order valence-corrected chi connectivity index (χ3v) is 3.25. The van der Waals surface area contributed by atoms with Crippen LogP contribution < -0.4 is 5.73 Å². The van der Waals surface area contributed by atoms with Gasteiger partial charge in [-0.05, 0) is 31.2 Å². The molecule has 0 spiro atoms. The average Bonchev–Trinajstić information content (AvgIpc) is 2.80. The number of halogens is 1. The molecule has 0 unspecified atom stereocenters. The van der Waals surface area contributed by atoms with E-state index in [2.05, 4.69) is 4.98 Å². The molecular weight excluding hydrogens is 249 g/mol. The summed E-state index contributed by atoms with van der Waals surface area (Å²) in [6, 6.07) is 8.10. The van der Waals surface area contributed by atoms with E-state index in [9.17, 15) is 4.39 Å². The fraction of sp³-hybridized carbons (Fsp3) is 0.0769. The van der Waals surface area contributed by atoms with Crippen molar-refractivity contribution in [1.29, 1.82) is 5.26 Å². The highest BCUT2D eigenvalue weighted by molar-refractivity contribution is 7.13. The first-order valence-electron chi connectivity index (χ1n) is 5.20. The van der Waals surface area contributed by atoms with E-state index in [4.69, 9.17) is 11.0 Å². The lowest BCUT2D eigenvalue weighted by Gasteiger charge is -1.97. The molecule has 0 aliphatic carbocycles. The number of aromatic nitrogens is 1. The largest absolute Gasteiger partial charge is 0.401 e. The molecule has 0 fully saturated rings. The van der Waals surface area contributed by atoms with Crippen LogP contribution in [0.1, 0.15) is 12.6 Å². The first kappa shape index (κ1) is 12.3. The molecule has 2 N–H and O–H groups in total. The van der Waals surface area contributed by atoms with Gasteiger partial charge in [0.2, 0.25) is 0 Å². The van der Waals surface area contributed by atoms with Crippen molar-refractivity contribution in [2.75, 3.05) is 0 Å². The quantitative estimate of drug-likeness (QED) is 0.842. The second-order valence-corrected chi connectivity index (χ2v) is 4.57. The molecule has 18 heavy (non-hydrogen) atoms. The van der Waals surface area contributed by atoms with Gasteiger partial charge in [0.05, 0.1) is 11.3 Å². The van der Waals surface area contributed by atoms with E-state index in [-0.39, 0.29) is 5.82 Å². The van der Waals surface area contributed by atoms with E-state index in [0.717, 1.165) is 10.6 Å². The van der Waals surface area contributed by atoms with E-state index in [1.54, 1.807) is 24.4 Å². The van der Waals surface area contributed by atoms with Crippen LogP contribution in [0.3, 0.4) is 0 Å². The van der Waals surface area contributed by atoms with Crippen LogP contribution >= 0.6 is 11.3 Å². The lowest BCUT2D eigenvalue weighted by atomic mass is 10.2. The van der Waals surface area contributed by atoms with Crippen molar-refractivity contribution < 1.29 is 4.39 Å². The summed E-state index contributed by atoms with van der Waals surface area (Å²) in [6.07, 6.45) is 0. The zero-order chi connectivity index (χ0) is 13.1. The van der Waals surface area contributed by atoms with E-state index in [1.165, 1.54) is 23.5 Å². The number of thiazole rings is 1. The zero-order valence-corrected chi connectivity index (χ0v) is 10.5. The molecule has 3 nitrogen and oxygen atoms in total. The van der Waals surface area contributed by atoms with Crippen LogP contribution in [0.25, 0.3) is 16.1 Å². The van der Waals surface area contributed by atoms with Crippen molar-refractivity contribution in [3.63, 3.8) is 0 Å². The third-order valence-electron chi connectivity index (χ3n) is 2.36. The van der Waals surface area contributed by atoms with E-state index >= 15 is 0 Å². The van der Waals surface area contributed by atoms with Crippen molar-refractivity contribution in [2.45, 2.75) is 6.92 Å². The summed E-state index contributed by atoms with van der Waals surface area (Å²) >= 11 is 1.40. The highest BCUT2D eigenvalue weighted by Gasteiger charge is 2.10. The van der Waals surface area contributed by atoms with Crippen LogP contribution in [0.15, 0.2) is 35.3 Å². The molecule has 0 atom stereocenters. The fourth-order valence-electron chi connectivity index (χ4n) is 1.46. The zero-order valence-electron chi connectivity index (χ0n) is 9.64. The van der Waals surface area contributed by atoms with E-state index in [0.29, 0.717) is 17.0 Å². The van der Waals surface area contributed by atoms with Crippen LogP contribution in [0.2, 0.25) is 0 Å². The minimum Gasteiger partial charge on any atom is -0.401 e. The fourth-order valence-corrected chi connectivity index (χ4v) is 2.28. The molecule has 1 aromatic carbocycles. The highest BCUT2D eigenvalue weighted by atomic mass is 32.1. The van der Waals surface area contributed by atoms with Gasteiger partial charge in [-0.3, -0.25) is 0 Å². The van der Waals surface area contributed by atoms with E-state index in [1.807, 2.05) is 6.07 Å². The van der Waals surface area contributed by atoms with Crippen molar-refractivity contribution in [3.8, 4) is 16.6 Å². The summed E-state index contributed by atoms with van der Waals surface area (Å²) in [6.45, 7) is 1.66. The Bertz CT molecular complexity index is 631. The monoisotopic (exact) mass is 259 g/mol. The maximum Gasteiger partial charge on any atom is 0.124 e. The van der Waals surface area contributed by atoms with Crippen LogP contribution in [0.5, 0.6) is 0 Å². The Balaban J connectivity index is 2.40. The maximum atomic E-state index is 12.8. The molecule has 2 aromatic rings. The van der Waals surface area contributed by atoms with Gasteiger partial charge in [0, 0.05) is 16.6 Å². The normalized spacial score (nSPS) is 11.8. The van der Waals surface area contributed by atoms with Crippen LogP contribution in [0.4, 0.5) is 4.39 Å². The predicted octanol–water partition coefficient (Wildman–Crippen LogP) is 3.16. The smallest absolute Gasteiger partial charge is 0.124 e. The maximum absolute atomic E-state index is 12.8. The molecule has 0 bridgehead atoms. The second-order valence-electron chi connectivity index (χ2n) is 3.71. The number of nitrogens with two attached hydrogens (primary N) is 1. The lowest BCUT2D eigenvalue weighted by Crippen LogP contribution is -1.96. The van der Waals surface area contributed by atoms with Gasteiger partial charge in [-0.25, -0.2) is 9.37 Å². The molecular formula is C13H10FN3S. The molecule has 0 aliphatic heterocycles. The van der Waals surface area contributed by atoms with Crippen molar-refractivity contribution >= 4 is 16.9 Å². The number of hydrogen-bond acceptors (Lipinski definition) is 4. The molecule has 0 saturated heterocycles. The number of nitrogens with zero attached hydrogens (tertiary/aromatic N) is 2. The Labute approximate surface area is 108 Å². The van der Waals surface area contributed by atoms with Crippen LogP contribution in [0, 0.1) is 17.1 Å². The van der Waals surface area contributed by atoms with Gasteiger partial charge in [0.15, 0.2) is 0 Å². The van der Waals surface area contributed by atoms with E-state index < -0.39 is 0 Å². The number of benzene rings is 1. The molecule has 0 saturated carbocycles. The lowest BCUT2D eigenvalue weighted by molar-refractivity contribution is 0.628. The number of rotatable bonds is 2. The Morgan fingerprint density at radius 3 is 2.61 bits per heavy atom. The predicted molar refractivity (Wildman–Crippen MR) is 69.9 cm³/mol. The van der Waals surface area contributed by atoms with Gasteiger partial charge in [0.25, 0.3) is 0 Å². The Morgan fingerprint density at radius 1 is 1.39 bits per heavy atom. The van der Waals surface area contributed by atoms with Gasteiger partial charge >= 0.3 is 0 Å². The topological polar surface area (TPSA) is 62.7 Å². The van der Waals surface area contributed by atoms with Crippen LogP contribution in [-0.2, 0) is 0 Å². The van der Waals surface area contributed by atoms with Gasteiger partial charge in [-0.2, -0.15) is 5.26 Å². The van der Waals surface area contributed by atoms with Crippen molar-refractivity contribution in [3.05, 3.63) is 46.9 Å². The highest BCUT2D eigenvalue weighted by Crippen LogP contribution is 2.27. The SMILES string of the molecule is C/C(N)=C(/C#N)c1csc(-c2ccc(F)cc2)n1. The van der Waals surface area contributed by atoms with Crippen LogP contribution in [-0.4, -0.2) is 4.98 Å². The van der Waals surface area contributed by atoms with Crippen molar-refractivity contribution in [2.24, 2.45) is 5.73 Å². The molecule has 5 heteroatoms. The van der Waals surface area contributed by atoms with Gasteiger partial charge in [0.1, 0.15) is 16.9 Å². The Hall–Kier alpha value is -2.19. The number of nitriles is 1. The number of hydrogen-bond donors (Lipinski definition) is 1. The summed E-state index contributed by atoms with van der Waals surface area (Å²) in [4.78, 5) is 4.34. The average molecular weight is 259 g/mol. The first-order valence-corrected chi connectivity index (χ1v) is 6.08. The van der Waals surface area contributed by atoms with Gasteiger partial charge in [-0.15, -0.1) is 11.3 Å². The second kappa shape index (κ2) is 4.98.